The van der Waals surface area contributed by atoms with E-state index in [0.29, 0.717) is 24.3 Å². The number of hydrogen-bond donors (Lipinski definition) is 18. The molecule has 1 aromatic rings. The van der Waals surface area contributed by atoms with E-state index < -0.39 is 156 Å². The Bertz CT molecular complexity index is 2320. The monoisotopic (exact) mass is 1200 g/mol. The Morgan fingerprint density at radius 2 is 1.06 bits per heavy atom. The molecule has 11 amide bonds. The molecule has 1 aliphatic rings. The van der Waals surface area contributed by atoms with Crippen LogP contribution in [0, 0.1) is 11.8 Å². The van der Waals surface area contributed by atoms with Crippen LogP contribution >= 0.6 is 0 Å². The van der Waals surface area contributed by atoms with Crippen molar-refractivity contribution in [2.24, 2.45) is 40.5 Å². The summed E-state index contributed by atoms with van der Waals surface area (Å²) < 4.78 is 0. The molecular weight excluding hydrogens is 1100 g/mol. The molecule has 1 aliphatic heterocycles. The predicted molar refractivity (Wildman–Crippen MR) is 316 cm³/mol. The second-order valence-corrected chi connectivity index (χ2v) is 21.7. The molecule has 0 saturated carbocycles. The molecule has 0 aromatic heterocycles. The van der Waals surface area contributed by atoms with Crippen LogP contribution in [0.25, 0.3) is 0 Å². The molecule has 1 saturated heterocycles. The standard InChI is InChI=1S/C56H98N16O13/c1-7-31(3)14-12-13-17-43(75)63-36(18-24-57)51(80)72-46(34(6)74)56(85)68-39(21-27-60)48(77)66-41-23-29-62-54(83)45(33(5)73)71-52(81)40(22-28-61)65-47(76)38(20-26-59)67-55(84)44(32(4)8-2)70-53(82)42(30-35-15-10-9-11-16-35)69-49(78)37(19-25-58)64-50(41)79/h9-11,15-16,31-34,36-42,44-46,73-74H,7-8,12-14,17-30,57-61H2,1-6H3,(H,62,83)(H,63,75)(H,64,79)(H,65,76)(H,66,77)(H,67,84)(H,68,85)(H,69,78)(H,70,82)(H,71,81)(H,72,80)/t31-,32-,33+,34+,36-,37?,38-,39-,40-,41?,42+,44-,45?,46-/m0/s1. The van der Waals surface area contributed by atoms with Crippen LogP contribution < -0.4 is 87.2 Å². The number of rotatable bonds is 29. The van der Waals surface area contributed by atoms with Gasteiger partial charge < -0.3 is 97.4 Å². The highest BCUT2D eigenvalue weighted by molar-refractivity contribution is 5.99. The minimum atomic E-state index is -1.70. The average molecular weight is 1200 g/mol. The Balaban J connectivity index is 2.68. The van der Waals surface area contributed by atoms with Gasteiger partial charge in [0.1, 0.15) is 60.4 Å². The summed E-state index contributed by atoms with van der Waals surface area (Å²) in [5.41, 5.74) is 29.9. The molecule has 480 valence electrons. The van der Waals surface area contributed by atoms with E-state index in [-0.39, 0.29) is 77.7 Å². The van der Waals surface area contributed by atoms with Gasteiger partial charge >= 0.3 is 0 Å². The van der Waals surface area contributed by atoms with Gasteiger partial charge in [-0.25, -0.2) is 0 Å². The summed E-state index contributed by atoms with van der Waals surface area (Å²) in [4.78, 5) is 154. The molecule has 23 N–H and O–H groups in total. The number of hydrogen-bond acceptors (Lipinski definition) is 18. The molecular formula is C56H98N16O13. The third-order valence-electron chi connectivity index (χ3n) is 14.7. The SMILES string of the molecule is CC[C@H](C)CCCCC(=O)N[C@@H](CCN)C(=O)N[C@H](C(=O)N[C@@H](CCN)C(=O)NC1CCNC(=O)C([C@@H](C)O)NC(=O)[C@H](CCN)NC(=O)[C@H](CCN)NC(=O)[C@H]([C@@H](C)CC)NC(=O)[C@@H](Cc2ccccc2)NC(=O)C(CCN)NC1=O)[C@@H](C)O. The van der Waals surface area contributed by atoms with Gasteiger partial charge in [0.2, 0.25) is 65.0 Å². The normalized spacial score (nSPS) is 23.2. The Morgan fingerprint density at radius 1 is 0.553 bits per heavy atom. The van der Waals surface area contributed by atoms with Gasteiger partial charge in [-0.15, -0.1) is 0 Å². The lowest BCUT2D eigenvalue weighted by molar-refractivity contribution is -0.137. The molecule has 1 fully saturated rings. The highest BCUT2D eigenvalue weighted by atomic mass is 16.3. The van der Waals surface area contributed by atoms with Gasteiger partial charge in [-0.1, -0.05) is 83.7 Å². The average Bonchev–Trinajstić information content (AvgIpc) is 3.69. The lowest BCUT2D eigenvalue weighted by atomic mass is 9.96. The first-order valence-corrected chi connectivity index (χ1v) is 29.6. The molecule has 85 heavy (non-hydrogen) atoms. The zero-order valence-corrected chi connectivity index (χ0v) is 50.2. The largest absolute Gasteiger partial charge is 0.391 e. The van der Waals surface area contributed by atoms with Crippen molar-refractivity contribution in [3.8, 4) is 0 Å². The van der Waals surface area contributed by atoms with Crippen molar-refractivity contribution >= 4 is 65.0 Å². The van der Waals surface area contributed by atoms with E-state index >= 15 is 0 Å². The molecule has 29 nitrogen and oxygen atoms in total. The second-order valence-electron chi connectivity index (χ2n) is 21.7. The maximum atomic E-state index is 14.5. The van der Waals surface area contributed by atoms with Crippen LogP contribution in [0.15, 0.2) is 30.3 Å². The number of nitrogens with two attached hydrogens (primary N) is 5. The third-order valence-corrected chi connectivity index (χ3v) is 14.7. The number of carbonyl (C=O) groups is 11. The first-order valence-electron chi connectivity index (χ1n) is 29.6. The summed E-state index contributed by atoms with van der Waals surface area (Å²) in [5, 5.41) is 49.7. The van der Waals surface area contributed by atoms with Gasteiger partial charge in [-0.3, -0.25) is 52.7 Å². The highest BCUT2D eigenvalue weighted by Crippen LogP contribution is 2.14. The van der Waals surface area contributed by atoms with E-state index in [4.69, 9.17) is 28.7 Å². The van der Waals surface area contributed by atoms with Crippen LogP contribution in [0.1, 0.15) is 124 Å². The number of amides is 11. The molecule has 14 atom stereocenters. The predicted octanol–water partition coefficient (Wildman–Crippen LogP) is -5.24. The Labute approximate surface area is 498 Å². The fraction of sp³-hybridized carbons (Fsp3) is 0.696. The van der Waals surface area contributed by atoms with Crippen molar-refractivity contribution in [1.82, 2.24) is 58.5 Å². The number of benzene rings is 1. The zero-order chi connectivity index (χ0) is 63.8. The third kappa shape index (κ3) is 26.1. The summed E-state index contributed by atoms with van der Waals surface area (Å²) in [6.07, 6.45) is -0.756. The first-order chi connectivity index (χ1) is 40.4. The first kappa shape index (κ1) is 74.2. The van der Waals surface area contributed by atoms with E-state index in [9.17, 15) is 63.0 Å². The lowest BCUT2D eigenvalue weighted by Crippen LogP contribution is -2.62. The van der Waals surface area contributed by atoms with Crippen LogP contribution in [-0.4, -0.2) is 187 Å². The maximum absolute atomic E-state index is 14.5. The molecule has 29 heteroatoms. The van der Waals surface area contributed by atoms with E-state index in [2.05, 4.69) is 72.3 Å². The minimum Gasteiger partial charge on any atom is -0.391 e. The van der Waals surface area contributed by atoms with Crippen molar-refractivity contribution < 1.29 is 63.0 Å². The van der Waals surface area contributed by atoms with E-state index in [0.717, 1.165) is 19.3 Å². The molecule has 0 aliphatic carbocycles. The molecule has 3 unspecified atom stereocenters. The number of unbranched alkanes of at least 4 members (excludes halogenated alkanes) is 1. The Morgan fingerprint density at radius 3 is 1.58 bits per heavy atom. The molecule has 2 rings (SSSR count). The van der Waals surface area contributed by atoms with Gasteiger partial charge in [0, 0.05) is 19.4 Å². The number of aliphatic hydroxyl groups is 2. The number of aliphatic hydroxyl groups excluding tert-OH is 2. The van der Waals surface area contributed by atoms with Gasteiger partial charge in [0.05, 0.1) is 12.2 Å². The lowest BCUT2D eigenvalue weighted by Gasteiger charge is -2.30. The van der Waals surface area contributed by atoms with Crippen molar-refractivity contribution in [3.05, 3.63) is 35.9 Å². The molecule has 1 heterocycles. The van der Waals surface area contributed by atoms with Gasteiger partial charge in [-0.2, -0.15) is 0 Å². The highest BCUT2D eigenvalue weighted by Gasteiger charge is 2.38. The van der Waals surface area contributed by atoms with Crippen molar-refractivity contribution in [2.45, 2.75) is 198 Å². The molecule has 0 bridgehead atoms. The Kier molecular flexibility index (Phi) is 34.6. The quantitative estimate of drug-likeness (QED) is 0.0333. The molecule has 1 aromatic carbocycles. The van der Waals surface area contributed by atoms with Crippen LogP contribution in [0.4, 0.5) is 0 Å². The van der Waals surface area contributed by atoms with E-state index in [1.54, 1.807) is 44.2 Å². The van der Waals surface area contributed by atoms with Crippen LogP contribution in [-0.2, 0) is 59.2 Å². The summed E-state index contributed by atoms with van der Waals surface area (Å²) in [7, 11) is 0. The summed E-state index contributed by atoms with van der Waals surface area (Å²) in [6, 6.07) is -6.25. The fourth-order valence-corrected chi connectivity index (χ4v) is 9.09. The smallest absolute Gasteiger partial charge is 0.245 e. The van der Waals surface area contributed by atoms with Gasteiger partial charge in [0.15, 0.2) is 0 Å². The van der Waals surface area contributed by atoms with Gasteiger partial charge in [0.25, 0.3) is 0 Å². The number of nitrogens with one attached hydrogen (secondary N) is 11. The minimum absolute atomic E-state index is 0.0173. The topological polar surface area (TPSA) is 491 Å². The van der Waals surface area contributed by atoms with Crippen LogP contribution in [0.2, 0.25) is 0 Å². The zero-order valence-electron chi connectivity index (χ0n) is 50.2. The summed E-state index contributed by atoms with van der Waals surface area (Å²) >= 11 is 0. The Hall–Kier alpha value is -6.89. The van der Waals surface area contributed by atoms with Crippen LogP contribution in [0.5, 0.6) is 0 Å². The molecule has 0 spiro atoms. The van der Waals surface area contributed by atoms with Crippen molar-refractivity contribution in [2.75, 3.05) is 39.3 Å². The fourth-order valence-electron chi connectivity index (χ4n) is 9.09. The van der Waals surface area contributed by atoms with E-state index in [1.807, 2.05) is 0 Å². The van der Waals surface area contributed by atoms with E-state index in [1.165, 1.54) is 13.8 Å². The summed E-state index contributed by atoms with van der Waals surface area (Å²) in [5.74, 6) is -9.81. The summed E-state index contributed by atoms with van der Waals surface area (Å²) in [6.45, 7) is 8.87. The second kappa shape index (κ2) is 39.7. The number of carbonyl (C=O) groups excluding carboxylic acids is 11. The van der Waals surface area contributed by atoms with Crippen molar-refractivity contribution in [1.29, 1.82) is 0 Å². The maximum Gasteiger partial charge on any atom is 0.245 e. The molecule has 0 radical (unpaired) electrons. The van der Waals surface area contributed by atoms with Crippen LogP contribution in [0.3, 0.4) is 0 Å². The van der Waals surface area contributed by atoms with Gasteiger partial charge in [-0.05, 0) is 109 Å². The van der Waals surface area contributed by atoms with Crippen molar-refractivity contribution in [3.63, 3.8) is 0 Å².